The molecule has 0 saturated carbocycles. The number of nitrogens with zero attached hydrogens (tertiary/aromatic N) is 4. The van der Waals surface area contributed by atoms with E-state index in [1.807, 2.05) is 12.1 Å². The molecule has 0 spiro atoms. The predicted molar refractivity (Wildman–Crippen MR) is 77.7 cm³/mol. The molecule has 5 heteroatoms. The standard InChI is InChI=1S/C15H19N5/c1-12-2-3-14-13(10-16)18-15(20(14)11-12)4-7-19-8-5-17-6-9-19/h2-3,11,17H,4-9H2,1H3. The normalized spacial score (nSPS) is 16.4. The number of hydrogen-bond acceptors (Lipinski definition) is 4. The molecule has 0 unspecified atom stereocenters. The number of aromatic nitrogens is 2. The molecule has 0 aromatic carbocycles. The van der Waals surface area contributed by atoms with E-state index in [1.54, 1.807) is 0 Å². The van der Waals surface area contributed by atoms with Crippen molar-refractivity contribution in [2.45, 2.75) is 13.3 Å². The minimum absolute atomic E-state index is 0.528. The number of rotatable bonds is 3. The molecule has 1 fully saturated rings. The summed E-state index contributed by atoms with van der Waals surface area (Å²) in [5.74, 6) is 0.985. The van der Waals surface area contributed by atoms with Crippen molar-refractivity contribution in [1.82, 2.24) is 19.6 Å². The molecular weight excluding hydrogens is 250 g/mol. The van der Waals surface area contributed by atoms with Crippen LogP contribution in [0, 0.1) is 18.3 Å². The summed E-state index contributed by atoms with van der Waals surface area (Å²) in [6.45, 7) is 7.36. The Morgan fingerprint density at radius 2 is 2.15 bits per heavy atom. The van der Waals surface area contributed by atoms with E-state index < -0.39 is 0 Å². The Balaban J connectivity index is 1.83. The highest BCUT2D eigenvalue weighted by atomic mass is 15.2. The predicted octanol–water partition coefficient (Wildman–Crippen LogP) is 0.962. The van der Waals surface area contributed by atoms with Crippen LogP contribution in [0.2, 0.25) is 0 Å². The van der Waals surface area contributed by atoms with Crippen LogP contribution >= 0.6 is 0 Å². The lowest BCUT2D eigenvalue weighted by molar-refractivity contribution is 0.242. The van der Waals surface area contributed by atoms with Crippen molar-refractivity contribution in [2.24, 2.45) is 0 Å². The van der Waals surface area contributed by atoms with Crippen molar-refractivity contribution in [3.05, 3.63) is 35.4 Å². The molecule has 5 nitrogen and oxygen atoms in total. The van der Waals surface area contributed by atoms with E-state index in [-0.39, 0.29) is 0 Å². The van der Waals surface area contributed by atoms with Crippen molar-refractivity contribution < 1.29 is 0 Å². The Bertz CT molecular complexity index is 646. The molecule has 3 rings (SSSR count). The van der Waals surface area contributed by atoms with E-state index in [1.165, 1.54) is 5.56 Å². The first-order valence-corrected chi connectivity index (χ1v) is 7.08. The van der Waals surface area contributed by atoms with Gasteiger partial charge in [0.15, 0.2) is 5.69 Å². The second-order valence-corrected chi connectivity index (χ2v) is 5.29. The number of nitriles is 1. The second-order valence-electron chi connectivity index (χ2n) is 5.29. The van der Waals surface area contributed by atoms with Crippen molar-refractivity contribution in [3.8, 4) is 6.07 Å². The van der Waals surface area contributed by atoms with Gasteiger partial charge in [-0.25, -0.2) is 4.98 Å². The Labute approximate surface area is 118 Å². The Morgan fingerprint density at radius 1 is 1.35 bits per heavy atom. The molecular formula is C15H19N5. The molecule has 1 aliphatic heterocycles. The van der Waals surface area contributed by atoms with Crippen LogP contribution in [0.3, 0.4) is 0 Å². The van der Waals surface area contributed by atoms with E-state index in [0.717, 1.165) is 50.5 Å². The molecule has 0 atom stereocenters. The van der Waals surface area contributed by atoms with Crippen LogP contribution in [-0.4, -0.2) is 47.0 Å². The van der Waals surface area contributed by atoms with Crippen molar-refractivity contribution in [3.63, 3.8) is 0 Å². The number of imidazole rings is 1. The highest BCUT2D eigenvalue weighted by molar-refractivity contribution is 5.59. The van der Waals surface area contributed by atoms with Gasteiger partial charge in [0.05, 0.1) is 5.52 Å². The fraction of sp³-hybridized carbons (Fsp3) is 0.467. The van der Waals surface area contributed by atoms with E-state index in [4.69, 9.17) is 0 Å². The van der Waals surface area contributed by atoms with E-state index >= 15 is 0 Å². The Morgan fingerprint density at radius 3 is 2.90 bits per heavy atom. The molecule has 2 aromatic rings. The molecule has 0 bridgehead atoms. The van der Waals surface area contributed by atoms with Gasteiger partial charge in [-0.05, 0) is 18.6 Å². The summed E-state index contributed by atoms with van der Waals surface area (Å²) in [7, 11) is 0. The summed E-state index contributed by atoms with van der Waals surface area (Å²) < 4.78 is 2.07. The van der Waals surface area contributed by atoms with Gasteiger partial charge in [0, 0.05) is 45.3 Å². The maximum Gasteiger partial charge on any atom is 0.166 e. The van der Waals surface area contributed by atoms with Crippen molar-refractivity contribution in [1.29, 1.82) is 5.26 Å². The maximum atomic E-state index is 9.19. The average Bonchev–Trinajstić information content (AvgIpc) is 2.83. The highest BCUT2D eigenvalue weighted by Gasteiger charge is 2.13. The molecule has 20 heavy (non-hydrogen) atoms. The third-order valence-corrected chi connectivity index (χ3v) is 3.83. The number of piperazine rings is 1. The summed E-state index contributed by atoms with van der Waals surface area (Å²) in [6.07, 6.45) is 2.95. The first-order valence-electron chi connectivity index (χ1n) is 7.08. The number of nitrogens with one attached hydrogen (secondary N) is 1. The molecule has 0 amide bonds. The van der Waals surface area contributed by atoms with Crippen LogP contribution in [0.15, 0.2) is 18.3 Å². The van der Waals surface area contributed by atoms with Gasteiger partial charge in [-0.3, -0.25) is 0 Å². The van der Waals surface area contributed by atoms with Gasteiger partial charge in [-0.1, -0.05) is 6.07 Å². The van der Waals surface area contributed by atoms with Crippen molar-refractivity contribution in [2.75, 3.05) is 32.7 Å². The third-order valence-electron chi connectivity index (χ3n) is 3.83. The number of aryl methyl sites for hydroxylation is 1. The van der Waals surface area contributed by atoms with Crippen LogP contribution in [0.1, 0.15) is 17.1 Å². The molecule has 2 aromatic heterocycles. The zero-order valence-electron chi connectivity index (χ0n) is 11.8. The third kappa shape index (κ3) is 2.53. The van der Waals surface area contributed by atoms with Gasteiger partial charge < -0.3 is 14.6 Å². The fourth-order valence-electron chi connectivity index (χ4n) is 2.71. The number of fused-ring (bicyclic) bond motifs is 1. The van der Waals surface area contributed by atoms with Gasteiger partial charge in [0.2, 0.25) is 0 Å². The molecule has 3 heterocycles. The van der Waals surface area contributed by atoms with Gasteiger partial charge >= 0.3 is 0 Å². The Kier molecular flexibility index (Phi) is 3.68. The van der Waals surface area contributed by atoms with Crippen molar-refractivity contribution >= 4 is 5.52 Å². The van der Waals surface area contributed by atoms with Crippen LogP contribution in [0.25, 0.3) is 5.52 Å². The average molecular weight is 269 g/mol. The zero-order chi connectivity index (χ0) is 13.9. The maximum absolute atomic E-state index is 9.19. The summed E-state index contributed by atoms with van der Waals surface area (Å²) in [4.78, 5) is 6.94. The quantitative estimate of drug-likeness (QED) is 0.902. The molecule has 0 radical (unpaired) electrons. The topological polar surface area (TPSA) is 56.4 Å². The number of pyridine rings is 1. The lowest BCUT2D eigenvalue weighted by atomic mass is 10.2. The van der Waals surface area contributed by atoms with Gasteiger partial charge in [-0.2, -0.15) is 5.26 Å². The highest BCUT2D eigenvalue weighted by Crippen LogP contribution is 2.14. The summed E-state index contributed by atoms with van der Waals surface area (Å²) in [6, 6.07) is 6.20. The van der Waals surface area contributed by atoms with Crippen LogP contribution < -0.4 is 5.32 Å². The lowest BCUT2D eigenvalue weighted by Gasteiger charge is -2.26. The lowest BCUT2D eigenvalue weighted by Crippen LogP contribution is -2.44. The van der Waals surface area contributed by atoms with E-state index in [9.17, 15) is 5.26 Å². The van der Waals surface area contributed by atoms with Gasteiger partial charge in [0.25, 0.3) is 0 Å². The zero-order valence-corrected chi connectivity index (χ0v) is 11.8. The smallest absolute Gasteiger partial charge is 0.166 e. The first-order chi connectivity index (χ1) is 9.78. The number of hydrogen-bond donors (Lipinski definition) is 1. The van der Waals surface area contributed by atoms with Crippen LogP contribution in [0.5, 0.6) is 0 Å². The van der Waals surface area contributed by atoms with Gasteiger partial charge in [-0.15, -0.1) is 0 Å². The monoisotopic (exact) mass is 269 g/mol. The molecule has 1 N–H and O–H groups in total. The molecule has 1 aliphatic rings. The SMILES string of the molecule is Cc1ccc2c(C#N)nc(CCN3CCNCC3)n2c1. The summed E-state index contributed by atoms with van der Waals surface area (Å²) >= 11 is 0. The van der Waals surface area contributed by atoms with E-state index in [2.05, 4.69) is 38.8 Å². The summed E-state index contributed by atoms with van der Waals surface area (Å²) in [5.41, 5.74) is 2.62. The first kappa shape index (κ1) is 13.1. The summed E-state index contributed by atoms with van der Waals surface area (Å²) in [5, 5.41) is 12.5. The molecule has 104 valence electrons. The fourth-order valence-corrected chi connectivity index (χ4v) is 2.71. The molecule has 0 aliphatic carbocycles. The van der Waals surface area contributed by atoms with Crippen LogP contribution in [0.4, 0.5) is 0 Å². The van der Waals surface area contributed by atoms with Gasteiger partial charge in [0.1, 0.15) is 11.9 Å². The molecule has 1 saturated heterocycles. The second kappa shape index (κ2) is 5.61. The minimum Gasteiger partial charge on any atom is -0.314 e. The largest absolute Gasteiger partial charge is 0.314 e. The van der Waals surface area contributed by atoms with E-state index in [0.29, 0.717) is 5.69 Å². The van der Waals surface area contributed by atoms with Crippen LogP contribution in [-0.2, 0) is 6.42 Å². The minimum atomic E-state index is 0.528. The Hall–Kier alpha value is -1.90.